The molecule has 8 nitrogen and oxygen atoms in total. The number of para-hydroxylation sites is 1. The summed E-state index contributed by atoms with van der Waals surface area (Å²) in [4.78, 5) is 32.5. The lowest BCUT2D eigenvalue weighted by Gasteiger charge is -2.38. The number of amides is 1. The number of thiocarbonyl (C=S) groups is 1. The van der Waals surface area contributed by atoms with Crippen LogP contribution >= 0.6 is 24.0 Å². The third-order valence-electron chi connectivity index (χ3n) is 7.30. The lowest BCUT2D eigenvalue weighted by Crippen LogP contribution is -2.48. The molecule has 3 aliphatic heterocycles. The van der Waals surface area contributed by atoms with Crippen molar-refractivity contribution in [2.24, 2.45) is 7.05 Å². The Bertz CT molecular complexity index is 1420. The third kappa shape index (κ3) is 4.84. The molecule has 3 fully saturated rings. The van der Waals surface area contributed by atoms with Crippen molar-refractivity contribution in [3.63, 3.8) is 0 Å². The average Bonchev–Trinajstić information content (AvgIpc) is 3.52. The van der Waals surface area contributed by atoms with Gasteiger partial charge in [0.1, 0.15) is 27.6 Å². The van der Waals surface area contributed by atoms with E-state index in [1.807, 2.05) is 17.0 Å². The van der Waals surface area contributed by atoms with E-state index in [0.29, 0.717) is 71.2 Å². The summed E-state index contributed by atoms with van der Waals surface area (Å²) in [5.41, 5.74) is 1.36. The summed E-state index contributed by atoms with van der Waals surface area (Å²) in [5.74, 6) is 0.162. The fourth-order valence-electron chi connectivity index (χ4n) is 5.24. The molecule has 1 amide bonds. The number of hydrogen-bond donors (Lipinski definition) is 0. The first-order chi connectivity index (χ1) is 18.3. The fourth-order valence-corrected chi connectivity index (χ4v) is 6.50. The van der Waals surface area contributed by atoms with Crippen molar-refractivity contribution in [2.75, 3.05) is 49.1 Å². The molecule has 3 saturated heterocycles. The number of benzene rings is 1. The second-order valence-electron chi connectivity index (χ2n) is 9.57. The minimum atomic E-state index is -0.389. The number of halogens is 1. The first-order valence-corrected chi connectivity index (χ1v) is 13.8. The van der Waals surface area contributed by atoms with E-state index in [1.54, 1.807) is 37.1 Å². The molecule has 5 rings (SSSR count). The number of thioether (sulfide) groups is 1. The molecule has 3 aliphatic rings. The van der Waals surface area contributed by atoms with Crippen LogP contribution in [-0.4, -0.2) is 65.1 Å². The first kappa shape index (κ1) is 26.4. The number of rotatable bonds is 5. The Labute approximate surface area is 230 Å². The molecule has 38 heavy (non-hydrogen) atoms. The van der Waals surface area contributed by atoms with Gasteiger partial charge in [0.05, 0.1) is 23.2 Å². The molecule has 1 atom stereocenters. The van der Waals surface area contributed by atoms with E-state index < -0.39 is 0 Å². The highest BCUT2D eigenvalue weighted by Crippen LogP contribution is 2.36. The summed E-state index contributed by atoms with van der Waals surface area (Å²) in [6.45, 7) is 5.02. The zero-order chi connectivity index (χ0) is 27.0. The Morgan fingerprint density at radius 1 is 1.21 bits per heavy atom. The monoisotopic (exact) mass is 553 g/mol. The molecule has 0 N–H and O–H groups in total. The van der Waals surface area contributed by atoms with Crippen LogP contribution in [0, 0.1) is 24.1 Å². The van der Waals surface area contributed by atoms with Gasteiger partial charge in [0, 0.05) is 45.4 Å². The Balaban J connectivity index is 1.48. The Hall–Kier alpha value is -3.20. The lowest BCUT2D eigenvalue weighted by atomic mass is 10.0. The number of aromatic nitrogens is 1. The molecule has 1 aromatic carbocycles. The maximum Gasteiger partial charge on any atom is 0.270 e. The van der Waals surface area contributed by atoms with Gasteiger partial charge in [0.15, 0.2) is 0 Å². The van der Waals surface area contributed by atoms with E-state index >= 15 is 0 Å². The molecule has 0 radical (unpaired) electrons. The number of nitriles is 1. The number of carbonyl (C=O) groups excluding carboxylic acids is 1. The van der Waals surface area contributed by atoms with Gasteiger partial charge in [-0.2, -0.15) is 5.26 Å². The Kier molecular flexibility index (Phi) is 7.56. The molecule has 4 heterocycles. The summed E-state index contributed by atoms with van der Waals surface area (Å²) in [7, 11) is 1.64. The molecule has 2 aromatic rings. The summed E-state index contributed by atoms with van der Waals surface area (Å²) < 4.78 is 22.0. The van der Waals surface area contributed by atoms with Gasteiger partial charge in [-0.1, -0.05) is 36.1 Å². The van der Waals surface area contributed by atoms with Gasteiger partial charge in [-0.3, -0.25) is 19.1 Å². The van der Waals surface area contributed by atoms with E-state index in [-0.39, 0.29) is 29.0 Å². The highest BCUT2D eigenvalue weighted by atomic mass is 32.2. The predicted molar refractivity (Wildman–Crippen MR) is 151 cm³/mol. The minimum absolute atomic E-state index is 0.0253. The second kappa shape index (κ2) is 10.9. The third-order valence-corrected chi connectivity index (χ3v) is 8.68. The normalized spacial score (nSPS) is 21.1. The molecular formula is C27H28FN5O3S2. The molecule has 0 saturated carbocycles. The number of pyridine rings is 1. The van der Waals surface area contributed by atoms with E-state index in [9.17, 15) is 19.2 Å². The molecule has 0 aliphatic carbocycles. The molecule has 1 unspecified atom stereocenters. The van der Waals surface area contributed by atoms with Crippen LogP contribution in [0.25, 0.3) is 6.08 Å². The number of anilines is 2. The summed E-state index contributed by atoms with van der Waals surface area (Å²) in [5, 5.41) is 9.74. The highest BCUT2D eigenvalue weighted by molar-refractivity contribution is 8.26. The first-order valence-electron chi connectivity index (χ1n) is 12.5. The summed E-state index contributed by atoms with van der Waals surface area (Å²) in [6, 6.07) is 8.72. The fraction of sp³-hybridized carbons (Fsp3) is 0.407. The van der Waals surface area contributed by atoms with E-state index in [1.165, 1.54) is 22.4 Å². The van der Waals surface area contributed by atoms with Gasteiger partial charge in [-0.25, -0.2) is 4.39 Å². The second-order valence-corrected chi connectivity index (χ2v) is 11.2. The summed E-state index contributed by atoms with van der Waals surface area (Å²) in [6.07, 6.45) is 3.59. The highest BCUT2D eigenvalue weighted by Gasteiger charge is 2.35. The van der Waals surface area contributed by atoms with Crippen molar-refractivity contribution >= 4 is 51.8 Å². The molecule has 0 bridgehead atoms. The van der Waals surface area contributed by atoms with E-state index in [4.69, 9.17) is 17.0 Å². The largest absolute Gasteiger partial charge is 0.376 e. The average molecular weight is 554 g/mol. The zero-order valence-electron chi connectivity index (χ0n) is 21.3. The van der Waals surface area contributed by atoms with Crippen molar-refractivity contribution < 1.29 is 13.9 Å². The van der Waals surface area contributed by atoms with Gasteiger partial charge >= 0.3 is 0 Å². The van der Waals surface area contributed by atoms with E-state index in [2.05, 4.69) is 4.90 Å². The van der Waals surface area contributed by atoms with Gasteiger partial charge in [0.2, 0.25) is 0 Å². The minimum Gasteiger partial charge on any atom is -0.376 e. The van der Waals surface area contributed by atoms with Crippen LogP contribution in [0.4, 0.5) is 15.9 Å². The molecule has 1 aromatic heterocycles. The van der Waals surface area contributed by atoms with Gasteiger partial charge in [-0.05, 0) is 43.5 Å². The number of piperazine rings is 1. The topological polar surface area (TPSA) is 81.8 Å². The van der Waals surface area contributed by atoms with Gasteiger partial charge in [0.25, 0.3) is 11.5 Å². The molecule has 198 valence electrons. The van der Waals surface area contributed by atoms with Crippen molar-refractivity contribution in [1.29, 1.82) is 5.26 Å². The van der Waals surface area contributed by atoms with Crippen LogP contribution in [-0.2, 0) is 16.6 Å². The van der Waals surface area contributed by atoms with Crippen LogP contribution in [0.15, 0.2) is 34.0 Å². The van der Waals surface area contributed by atoms with Crippen molar-refractivity contribution in [2.45, 2.75) is 25.9 Å². The van der Waals surface area contributed by atoms with Crippen LogP contribution in [0.1, 0.15) is 29.5 Å². The van der Waals surface area contributed by atoms with Crippen LogP contribution in [0.2, 0.25) is 0 Å². The van der Waals surface area contributed by atoms with Crippen molar-refractivity contribution in [3.05, 3.63) is 62.0 Å². The van der Waals surface area contributed by atoms with E-state index in [0.717, 1.165) is 12.8 Å². The molecule has 0 spiro atoms. The number of hydrogen-bond acceptors (Lipinski definition) is 8. The summed E-state index contributed by atoms with van der Waals surface area (Å²) >= 11 is 6.74. The van der Waals surface area contributed by atoms with Gasteiger partial charge in [-0.15, -0.1) is 0 Å². The lowest BCUT2D eigenvalue weighted by molar-refractivity contribution is -0.123. The van der Waals surface area contributed by atoms with Crippen LogP contribution in [0.3, 0.4) is 0 Å². The van der Waals surface area contributed by atoms with Crippen molar-refractivity contribution in [1.82, 2.24) is 9.47 Å². The predicted octanol–water partition coefficient (Wildman–Crippen LogP) is 3.41. The maximum atomic E-state index is 14.4. The zero-order valence-corrected chi connectivity index (χ0v) is 22.9. The number of ether oxygens (including phenoxy) is 1. The Morgan fingerprint density at radius 2 is 1.92 bits per heavy atom. The van der Waals surface area contributed by atoms with Crippen LogP contribution in [0.5, 0.6) is 0 Å². The smallest absolute Gasteiger partial charge is 0.270 e. The Morgan fingerprint density at radius 3 is 2.58 bits per heavy atom. The maximum absolute atomic E-state index is 14.4. The van der Waals surface area contributed by atoms with Crippen LogP contribution < -0.4 is 15.4 Å². The number of carbonyl (C=O) groups is 1. The quantitative estimate of drug-likeness (QED) is 0.412. The molecular weight excluding hydrogens is 525 g/mol. The number of nitrogens with zero attached hydrogens (tertiary/aromatic N) is 5. The van der Waals surface area contributed by atoms with Crippen molar-refractivity contribution in [3.8, 4) is 6.07 Å². The standard InChI is InChI=1S/C27H28FN5O3S2/c1-17-19(14-23-26(35)33(27(37)38-23)16-18-6-5-13-36-18)24(30(2)25(34)20(17)15-29)32-11-9-31(10-12-32)22-8-4-3-7-21(22)28/h3-4,7-8,14,18H,5-6,9-13,16H2,1-2H3. The SMILES string of the molecule is Cc1c(C=C2SC(=S)N(CC3CCCO3)C2=O)c(N2CCN(c3ccccc3F)CC2)n(C)c(=O)c1C#N. The van der Waals surface area contributed by atoms with Gasteiger partial charge < -0.3 is 14.5 Å². The molecule has 11 heteroatoms.